The van der Waals surface area contributed by atoms with Crippen molar-refractivity contribution in [3.63, 3.8) is 0 Å². The molecule has 0 aliphatic carbocycles. The second-order valence-corrected chi connectivity index (χ2v) is 5.03. The summed E-state index contributed by atoms with van der Waals surface area (Å²) in [6, 6.07) is 1.37. The highest BCUT2D eigenvalue weighted by Crippen LogP contribution is 1.98. The number of rotatable bonds is 6. The van der Waals surface area contributed by atoms with E-state index in [-0.39, 0.29) is 6.04 Å². The van der Waals surface area contributed by atoms with Crippen molar-refractivity contribution in [2.24, 2.45) is 0 Å². The van der Waals surface area contributed by atoms with Gasteiger partial charge in [-0.25, -0.2) is 13.1 Å². The van der Waals surface area contributed by atoms with Crippen molar-refractivity contribution in [1.29, 1.82) is 5.26 Å². The Balaban J connectivity index is 4.17. The molecule has 14 heavy (non-hydrogen) atoms. The predicted molar refractivity (Wildman–Crippen MR) is 53.1 cm³/mol. The number of hydrogen-bond acceptors (Lipinski definition) is 4. The normalized spacial score (nSPS) is 15.9. The molecule has 1 N–H and O–H groups in total. The van der Waals surface area contributed by atoms with Crippen LogP contribution in [0.5, 0.6) is 0 Å². The lowest BCUT2D eigenvalue weighted by molar-refractivity contribution is 0.133. The SMILES string of the molecule is CCOCC(C)NS(=O)(=O)C(C)C#N. The molecule has 0 saturated carbocycles. The zero-order chi connectivity index (χ0) is 11.2. The third kappa shape index (κ3) is 4.56. The molecule has 0 aliphatic rings. The van der Waals surface area contributed by atoms with Crippen molar-refractivity contribution in [3.8, 4) is 6.07 Å². The fourth-order valence-electron chi connectivity index (χ4n) is 0.781. The summed E-state index contributed by atoms with van der Waals surface area (Å²) in [4.78, 5) is 0. The van der Waals surface area contributed by atoms with Gasteiger partial charge in [-0.05, 0) is 20.8 Å². The Morgan fingerprint density at radius 1 is 1.50 bits per heavy atom. The zero-order valence-corrected chi connectivity index (χ0v) is 9.47. The van der Waals surface area contributed by atoms with E-state index in [0.29, 0.717) is 13.2 Å². The van der Waals surface area contributed by atoms with Crippen LogP contribution < -0.4 is 4.72 Å². The van der Waals surface area contributed by atoms with Gasteiger partial charge in [0.15, 0.2) is 5.25 Å². The van der Waals surface area contributed by atoms with Crippen LogP contribution in [-0.4, -0.2) is 32.9 Å². The third-order valence-electron chi connectivity index (χ3n) is 1.58. The summed E-state index contributed by atoms with van der Waals surface area (Å²) in [5.41, 5.74) is 0. The minimum absolute atomic E-state index is 0.309. The van der Waals surface area contributed by atoms with Crippen LogP contribution in [0.1, 0.15) is 20.8 Å². The Kier molecular flexibility index (Phi) is 5.69. The van der Waals surface area contributed by atoms with E-state index >= 15 is 0 Å². The number of hydrogen-bond donors (Lipinski definition) is 1. The zero-order valence-electron chi connectivity index (χ0n) is 8.65. The van der Waals surface area contributed by atoms with Crippen molar-refractivity contribution >= 4 is 10.0 Å². The fourth-order valence-corrected chi connectivity index (χ4v) is 1.75. The molecule has 0 spiro atoms. The molecule has 0 radical (unpaired) electrons. The second-order valence-electron chi connectivity index (χ2n) is 2.99. The largest absolute Gasteiger partial charge is 0.380 e. The highest BCUT2D eigenvalue weighted by atomic mass is 32.2. The number of nitriles is 1. The number of ether oxygens (including phenoxy) is 1. The molecule has 0 heterocycles. The summed E-state index contributed by atoms with van der Waals surface area (Å²) in [6.45, 7) is 5.72. The first-order valence-electron chi connectivity index (χ1n) is 4.42. The van der Waals surface area contributed by atoms with Gasteiger partial charge in [0.2, 0.25) is 10.0 Å². The lowest BCUT2D eigenvalue weighted by Crippen LogP contribution is -2.40. The van der Waals surface area contributed by atoms with E-state index in [0.717, 1.165) is 0 Å². The van der Waals surface area contributed by atoms with E-state index in [9.17, 15) is 8.42 Å². The van der Waals surface area contributed by atoms with Crippen molar-refractivity contribution in [3.05, 3.63) is 0 Å². The van der Waals surface area contributed by atoms with Crippen molar-refractivity contribution in [2.75, 3.05) is 13.2 Å². The van der Waals surface area contributed by atoms with Gasteiger partial charge in [-0.3, -0.25) is 0 Å². The van der Waals surface area contributed by atoms with E-state index in [2.05, 4.69) is 4.72 Å². The molecule has 0 aliphatic heterocycles. The molecule has 6 heteroatoms. The molecule has 0 amide bonds. The van der Waals surface area contributed by atoms with Gasteiger partial charge < -0.3 is 4.74 Å². The van der Waals surface area contributed by atoms with E-state index in [1.165, 1.54) is 6.92 Å². The number of nitrogens with one attached hydrogen (secondary N) is 1. The van der Waals surface area contributed by atoms with Crippen LogP contribution in [0.25, 0.3) is 0 Å². The molecule has 2 atom stereocenters. The first-order chi connectivity index (χ1) is 6.44. The molecule has 0 bridgehead atoms. The maximum Gasteiger partial charge on any atom is 0.228 e. The van der Waals surface area contributed by atoms with Gasteiger partial charge in [-0.15, -0.1) is 0 Å². The molecule has 82 valence electrons. The lowest BCUT2D eigenvalue weighted by Gasteiger charge is -2.14. The van der Waals surface area contributed by atoms with Gasteiger partial charge >= 0.3 is 0 Å². The Morgan fingerprint density at radius 2 is 2.07 bits per heavy atom. The summed E-state index contributed by atoms with van der Waals surface area (Å²) in [7, 11) is -3.53. The first kappa shape index (κ1) is 13.4. The van der Waals surface area contributed by atoms with Crippen LogP contribution in [0.3, 0.4) is 0 Å². The molecule has 0 aromatic rings. The Morgan fingerprint density at radius 3 is 2.50 bits per heavy atom. The summed E-state index contributed by atoms with van der Waals surface area (Å²) in [5.74, 6) is 0. The van der Waals surface area contributed by atoms with Gasteiger partial charge in [-0.1, -0.05) is 0 Å². The third-order valence-corrected chi connectivity index (χ3v) is 3.35. The van der Waals surface area contributed by atoms with Crippen molar-refractivity contribution in [1.82, 2.24) is 4.72 Å². The second kappa shape index (κ2) is 5.96. The smallest absolute Gasteiger partial charge is 0.228 e. The van der Waals surface area contributed by atoms with E-state index < -0.39 is 15.3 Å². The molecule has 0 fully saturated rings. The molecule has 0 saturated heterocycles. The minimum atomic E-state index is -3.53. The van der Waals surface area contributed by atoms with Crippen LogP contribution in [0.2, 0.25) is 0 Å². The van der Waals surface area contributed by atoms with Gasteiger partial charge in [0.25, 0.3) is 0 Å². The quantitative estimate of drug-likeness (QED) is 0.695. The van der Waals surface area contributed by atoms with Crippen LogP contribution in [0.15, 0.2) is 0 Å². The average Bonchev–Trinajstić information content (AvgIpc) is 2.12. The van der Waals surface area contributed by atoms with Crippen LogP contribution in [0, 0.1) is 11.3 Å². The monoisotopic (exact) mass is 220 g/mol. The molecular formula is C8H16N2O3S. The Hall–Kier alpha value is -0.640. The van der Waals surface area contributed by atoms with Crippen LogP contribution in [0.4, 0.5) is 0 Å². The first-order valence-corrected chi connectivity index (χ1v) is 5.97. The van der Waals surface area contributed by atoms with Gasteiger partial charge in [0.05, 0.1) is 12.7 Å². The van der Waals surface area contributed by atoms with Crippen molar-refractivity contribution in [2.45, 2.75) is 32.1 Å². The standard InChI is InChI=1S/C8H16N2O3S/c1-4-13-6-7(2)10-14(11,12)8(3)5-9/h7-8,10H,4,6H2,1-3H3. The topological polar surface area (TPSA) is 79.2 Å². The predicted octanol–water partition coefficient (Wildman–Crippen LogP) is 0.243. The molecular weight excluding hydrogens is 204 g/mol. The summed E-state index contributed by atoms with van der Waals surface area (Å²) < 4.78 is 30.1. The number of sulfonamides is 1. The molecule has 0 aromatic carbocycles. The van der Waals surface area contributed by atoms with E-state index in [4.69, 9.17) is 10.00 Å². The maximum atomic E-state index is 11.3. The average molecular weight is 220 g/mol. The fraction of sp³-hybridized carbons (Fsp3) is 0.875. The molecule has 0 aromatic heterocycles. The molecule has 5 nitrogen and oxygen atoms in total. The van der Waals surface area contributed by atoms with E-state index in [1.54, 1.807) is 13.0 Å². The lowest BCUT2D eigenvalue weighted by atomic mass is 10.4. The van der Waals surface area contributed by atoms with Gasteiger partial charge in [0, 0.05) is 12.6 Å². The minimum Gasteiger partial charge on any atom is -0.380 e. The summed E-state index contributed by atoms with van der Waals surface area (Å²) >= 11 is 0. The maximum absolute atomic E-state index is 11.3. The number of nitrogens with zero attached hydrogens (tertiary/aromatic N) is 1. The Labute approximate surface area is 85.1 Å². The Bertz CT molecular complexity index is 294. The van der Waals surface area contributed by atoms with Crippen LogP contribution >= 0.6 is 0 Å². The van der Waals surface area contributed by atoms with E-state index in [1.807, 2.05) is 6.92 Å². The van der Waals surface area contributed by atoms with Gasteiger partial charge in [-0.2, -0.15) is 5.26 Å². The highest BCUT2D eigenvalue weighted by Gasteiger charge is 2.21. The van der Waals surface area contributed by atoms with Crippen LogP contribution in [-0.2, 0) is 14.8 Å². The summed E-state index contributed by atoms with van der Waals surface area (Å²) in [5, 5.41) is 7.42. The summed E-state index contributed by atoms with van der Waals surface area (Å²) in [6.07, 6.45) is 0. The van der Waals surface area contributed by atoms with Crippen molar-refractivity contribution < 1.29 is 13.2 Å². The molecule has 0 rings (SSSR count). The van der Waals surface area contributed by atoms with Gasteiger partial charge in [0.1, 0.15) is 0 Å². The molecule has 2 unspecified atom stereocenters. The highest BCUT2D eigenvalue weighted by molar-refractivity contribution is 7.90.